The normalized spacial score (nSPS) is 11.5. The maximum Gasteiger partial charge on any atom is 0.311 e. The van der Waals surface area contributed by atoms with Gasteiger partial charge in [0.25, 0.3) is 5.91 Å². The number of aromatic nitrogens is 1. The molecule has 1 heterocycles. The smallest absolute Gasteiger partial charge is 0.311 e. The molecule has 1 aromatic heterocycles. The third kappa shape index (κ3) is 5.19. The zero-order valence-electron chi connectivity index (χ0n) is 19.0. The topological polar surface area (TPSA) is 125 Å². The van der Waals surface area contributed by atoms with Gasteiger partial charge in [0, 0.05) is 22.6 Å². The van der Waals surface area contributed by atoms with Crippen molar-refractivity contribution in [2.24, 2.45) is 10.2 Å². The molecule has 4 aromatic rings. The zero-order valence-corrected chi connectivity index (χ0v) is 19.0. The predicted octanol–water partition coefficient (Wildman–Crippen LogP) is 4.97. The Labute approximate surface area is 200 Å². The average molecular weight is 470 g/mol. The lowest BCUT2D eigenvalue weighted by molar-refractivity contribution is -0.115. The molecule has 0 fully saturated rings. The molecular formula is C26H22N4O5. The van der Waals surface area contributed by atoms with Gasteiger partial charge in [0.2, 0.25) is 5.88 Å². The molecule has 0 saturated carbocycles. The number of ether oxygens (including phenoxy) is 2. The molecule has 0 unspecified atom stereocenters. The lowest BCUT2D eigenvalue weighted by Crippen LogP contribution is -2.26. The number of aromatic hydroxyl groups is 1. The summed E-state index contributed by atoms with van der Waals surface area (Å²) in [5, 5.41) is 21.1. The zero-order chi connectivity index (χ0) is 24.8. The highest BCUT2D eigenvalue weighted by Gasteiger charge is 2.17. The van der Waals surface area contributed by atoms with Crippen molar-refractivity contribution in [1.82, 2.24) is 10.3 Å². The quantitative estimate of drug-likeness (QED) is 0.260. The second-order valence-corrected chi connectivity index (χ2v) is 7.36. The molecule has 0 aliphatic heterocycles. The summed E-state index contributed by atoms with van der Waals surface area (Å²) in [4.78, 5) is 28.6. The van der Waals surface area contributed by atoms with Gasteiger partial charge in [-0.2, -0.15) is 0 Å². The van der Waals surface area contributed by atoms with Gasteiger partial charge >= 0.3 is 5.91 Å². The van der Waals surface area contributed by atoms with Crippen molar-refractivity contribution in [2.75, 3.05) is 14.2 Å². The summed E-state index contributed by atoms with van der Waals surface area (Å²) >= 11 is 0. The number of nitrogens with one attached hydrogen (secondary N) is 2. The Morgan fingerprint density at radius 1 is 0.971 bits per heavy atom. The molecule has 2 amide bonds. The van der Waals surface area contributed by atoms with Crippen LogP contribution in [0.25, 0.3) is 17.0 Å². The van der Waals surface area contributed by atoms with Crippen LogP contribution in [0, 0.1) is 0 Å². The minimum Gasteiger partial charge on any atom is -0.497 e. The van der Waals surface area contributed by atoms with Gasteiger partial charge in [-0.1, -0.05) is 36.4 Å². The van der Waals surface area contributed by atoms with Crippen molar-refractivity contribution in [3.63, 3.8) is 0 Å². The van der Waals surface area contributed by atoms with E-state index in [2.05, 4.69) is 20.5 Å². The van der Waals surface area contributed by atoms with E-state index in [1.165, 1.54) is 20.3 Å². The molecule has 0 spiro atoms. The minimum absolute atomic E-state index is 0.115. The number of methoxy groups -OCH3 is 2. The number of azo groups is 1. The van der Waals surface area contributed by atoms with Crippen LogP contribution in [0.2, 0.25) is 0 Å². The number of hydrogen-bond acceptors (Lipinski definition) is 6. The number of H-pyrrole nitrogens is 1. The Hall–Kier alpha value is -4.92. The SMILES string of the molecule is COc1ccc(/C=C(/NC(=O)c2ccccc2)C(=O)N=Nc2c(O)[nH]c3ccccc23)c(OC)c1. The Morgan fingerprint density at radius 3 is 2.46 bits per heavy atom. The molecule has 9 nitrogen and oxygen atoms in total. The van der Waals surface area contributed by atoms with E-state index >= 15 is 0 Å². The van der Waals surface area contributed by atoms with Crippen LogP contribution in [0.4, 0.5) is 5.69 Å². The molecule has 35 heavy (non-hydrogen) atoms. The van der Waals surface area contributed by atoms with Gasteiger partial charge in [0.15, 0.2) is 5.69 Å². The van der Waals surface area contributed by atoms with Crippen molar-refractivity contribution in [1.29, 1.82) is 0 Å². The molecule has 3 aromatic carbocycles. The molecule has 0 aliphatic rings. The van der Waals surface area contributed by atoms with Gasteiger partial charge in [-0.3, -0.25) is 9.59 Å². The van der Waals surface area contributed by atoms with Crippen LogP contribution >= 0.6 is 0 Å². The summed E-state index contributed by atoms with van der Waals surface area (Å²) < 4.78 is 10.6. The number of amides is 2. The molecule has 4 rings (SSSR count). The van der Waals surface area contributed by atoms with Crippen LogP contribution < -0.4 is 14.8 Å². The Bertz CT molecular complexity index is 1440. The van der Waals surface area contributed by atoms with Crippen molar-refractivity contribution in [2.45, 2.75) is 0 Å². The monoisotopic (exact) mass is 470 g/mol. The van der Waals surface area contributed by atoms with E-state index in [1.807, 2.05) is 0 Å². The van der Waals surface area contributed by atoms with Crippen LogP contribution in [0.1, 0.15) is 15.9 Å². The van der Waals surface area contributed by atoms with Gasteiger partial charge in [-0.05, 0) is 36.4 Å². The number of carbonyl (C=O) groups is 2. The number of aromatic amines is 1. The molecule has 0 saturated heterocycles. The number of nitrogens with zero attached hydrogens (tertiary/aromatic N) is 2. The highest BCUT2D eigenvalue weighted by Crippen LogP contribution is 2.35. The molecule has 9 heteroatoms. The average Bonchev–Trinajstić information content (AvgIpc) is 3.22. The van der Waals surface area contributed by atoms with E-state index < -0.39 is 11.8 Å². The fourth-order valence-corrected chi connectivity index (χ4v) is 3.39. The predicted molar refractivity (Wildman–Crippen MR) is 131 cm³/mol. The molecule has 0 atom stereocenters. The first-order valence-electron chi connectivity index (χ1n) is 10.6. The van der Waals surface area contributed by atoms with E-state index in [4.69, 9.17) is 9.47 Å². The molecule has 0 aliphatic carbocycles. The number of carbonyl (C=O) groups excluding carboxylic acids is 2. The summed E-state index contributed by atoms with van der Waals surface area (Å²) in [6.07, 6.45) is 1.44. The van der Waals surface area contributed by atoms with Crippen LogP contribution in [0.3, 0.4) is 0 Å². The standard InChI is InChI=1S/C26H22N4O5/c1-34-18-13-12-17(22(15-18)35-2)14-21(28-24(31)16-8-4-3-5-9-16)25(32)30-29-23-19-10-6-7-11-20(19)27-26(23)33/h3-15,27,33H,1-2H3,(H,28,31)/b21-14+,30-29?. The van der Waals surface area contributed by atoms with E-state index in [1.54, 1.807) is 72.8 Å². The van der Waals surface area contributed by atoms with Crippen molar-refractivity contribution < 1.29 is 24.2 Å². The maximum absolute atomic E-state index is 13.1. The number of para-hydroxylation sites is 1. The third-order valence-corrected chi connectivity index (χ3v) is 5.16. The van der Waals surface area contributed by atoms with Crippen molar-refractivity contribution >= 4 is 34.5 Å². The Kier molecular flexibility index (Phi) is 6.87. The van der Waals surface area contributed by atoms with Crippen molar-refractivity contribution in [3.8, 4) is 17.4 Å². The Balaban J connectivity index is 1.71. The highest BCUT2D eigenvalue weighted by atomic mass is 16.5. The van der Waals surface area contributed by atoms with E-state index in [0.717, 1.165) is 0 Å². The van der Waals surface area contributed by atoms with E-state index in [-0.39, 0.29) is 17.3 Å². The van der Waals surface area contributed by atoms with Gasteiger partial charge in [-0.25, -0.2) is 0 Å². The second kappa shape index (κ2) is 10.3. The van der Waals surface area contributed by atoms with E-state index in [0.29, 0.717) is 33.5 Å². The van der Waals surface area contributed by atoms with Crippen LogP contribution in [-0.2, 0) is 4.79 Å². The van der Waals surface area contributed by atoms with Crippen molar-refractivity contribution in [3.05, 3.63) is 89.6 Å². The molecular weight excluding hydrogens is 448 g/mol. The van der Waals surface area contributed by atoms with Crippen LogP contribution in [0.5, 0.6) is 17.4 Å². The van der Waals surface area contributed by atoms with Gasteiger partial charge in [0.05, 0.1) is 19.7 Å². The summed E-state index contributed by atoms with van der Waals surface area (Å²) in [7, 11) is 3.01. The van der Waals surface area contributed by atoms with Gasteiger partial charge < -0.3 is 24.9 Å². The first kappa shape index (κ1) is 23.2. The Morgan fingerprint density at radius 2 is 1.71 bits per heavy atom. The lowest BCUT2D eigenvalue weighted by atomic mass is 10.1. The number of hydrogen-bond donors (Lipinski definition) is 3. The molecule has 0 radical (unpaired) electrons. The molecule has 176 valence electrons. The first-order valence-corrected chi connectivity index (χ1v) is 10.6. The molecule has 3 N–H and O–H groups in total. The summed E-state index contributed by atoms with van der Waals surface area (Å²) in [6.45, 7) is 0. The maximum atomic E-state index is 13.1. The van der Waals surface area contributed by atoms with E-state index in [9.17, 15) is 14.7 Å². The fourth-order valence-electron chi connectivity index (χ4n) is 3.39. The van der Waals surface area contributed by atoms with Gasteiger partial charge in [-0.15, -0.1) is 10.2 Å². The summed E-state index contributed by atoms with van der Waals surface area (Å²) in [5.41, 5.74) is 1.49. The number of benzene rings is 3. The van der Waals surface area contributed by atoms with Crippen LogP contribution in [0.15, 0.2) is 88.7 Å². The highest BCUT2D eigenvalue weighted by molar-refractivity contribution is 6.06. The first-order chi connectivity index (χ1) is 17.0. The second-order valence-electron chi connectivity index (χ2n) is 7.36. The van der Waals surface area contributed by atoms with Crippen LogP contribution in [-0.4, -0.2) is 36.1 Å². The summed E-state index contributed by atoms with van der Waals surface area (Å²) in [5.74, 6) is -0.553. The van der Waals surface area contributed by atoms with Gasteiger partial charge in [0.1, 0.15) is 17.2 Å². The minimum atomic E-state index is -0.822. The number of rotatable bonds is 7. The fraction of sp³-hybridized carbons (Fsp3) is 0.0769. The third-order valence-electron chi connectivity index (χ3n) is 5.16. The molecule has 0 bridgehead atoms. The summed E-state index contributed by atoms with van der Waals surface area (Å²) in [6, 6.07) is 20.6. The number of fused-ring (bicyclic) bond motifs is 1. The lowest BCUT2D eigenvalue weighted by Gasteiger charge is -2.10. The largest absolute Gasteiger partial charge is 0.497 e.